The van der Waals surface area contributed by atoms with Crippen LogP contribution < -0.4 is 16.0 Å². The molecule has 0 saturated carbocycles. The first-order valence-electron chi connectivity index (χ1n) is 10.1. The molecule has 1 aliphatic heterocycles. The lowest BCUT2D eigenvalue weighted by Gasteiger charge is -2.32. The SMILES string of the molecule is Cc1cc(OC2CCCN(C(=O)Cn3cnc4c3c(=O)n(C)c(=O)n4C)C2)nc(C)n1. The summed E-state index contributed by atoms with van der Waals surface area (Å²) in [5.74, 6) is 1.01. The van der Waals surface area contributed by atoms with Crippen molar-refractivity contribution in [3.8, 4) is 5.88 Å². The van der Waals surface area contributed by atoms with Gasteiger partial charge in [-0.15, -0.1) is 0 Å². The van der Waals surface area contributed by atoms with Crippen molar-refractivity contribution < 1.29 is 9.53 Å². The molecule has 3 aromatic heterocycles. The number of aromatic nitrogens is 6. The van der Waals surface area contributed by atoms with Gasteiger partial charge in [-0.3, -0.25) is 18.7 Å². The minimum absolute atomic E-state index is 0.0393. The highest BCUT2D eigenvalue weighted by Crippen LogP contribution is 2.18. The van der Waals surface area contributed by atoms with E-state index in [4.69, 9.17) is 4.74 Å². The molecule has 0 spiro atoms. The van der Waals surface area contributed by atoms with Gasteiger partial charge in [-0.25, -0.2) is 14.8 Å². The van der Waals surface area contributed by atoms with Gasteiger partial charge in [0.2, 0.25) is 11.8 Å². The Morgan fingerprint density at radius 3 is 2.71 bits per heavy atom. The van der Waals surface area contributed by atoms with E-state index in [0.717, 1.165) is 23.1 Å². The first kappa shape index (κ1) is 20.8. The van der Waals surface area contributed by atoms with E-state index < -0.39 is 11.2 Å². The molecule has 11 heteroatoms. The van der Waals surface area contributed by atoms with Crippen LogP contribution in [0.1, 0.15) is 24.4 Å². The van der Waals surface area contributed by atoms with Gasteiger partial charge in [0.1, 0.15) is 18.5 Å². The minimum atomic E-state index is -0.474. The molecule has 4 rings (SSSR count). The van der Waals surface area contributed by atoms with Gasteiger partial charge in [0.25, 0.3) is 5.56 Å². The lowest BCUT2D eigenvalue weighted by Crippen LogP contribution is -2.45. The Hall–Kier alpha value is -3.50. The zero-order chi connectivity index (χ0) is 22.3. The van der Waals surface area contributed by atoms with Crippen molar-refractivity contribution in [1.29, 1.82) is 0 Å². The topological polar surface area (TPSA) is 117 Å². The molecule has 0 N–H and O–H groups in total. The quantitative estimate of drug-likeness (QED) is 0.571. The van der Waals surface area contributed by atoms with Gasteiger partial charge in [0.15, 0.2) is 11.2 Å². The summed E-state index contributed by atoms with van der Waals surface area (Å²) in [5.41, 5.74) is 0.386. The molecule has 0 radical (unpaired) electrons. The molecule has 0 aliphatic carbocycles. The number of carbonyl (C=O) groups excluding carboxylic acids is 1. The van der Waals surface area contributed by atoms with Gasteiger partial charge in [-0.1, -0.05) is 0 Å². The van der Waals surface area contributed by atoms with E-state index in [1.54, 1.807) is 18.0 Å². The lowest BCUT2D eigenvalue weighted by atomic mass is 10.1. The van der Waals surface area contributed by atoms with Crippen molar-refractivity contribution in [3.05, 3.63) is 44.8 Å². The number of likely N-dealkylation sites (tertiary alicyclic amines) is 1. The number of fused-ring (bicyclic) bond motifs is 1. The molecule has 1 fully saturated rings. The molecular formula is C20H25N7O4. The number of piperidine rings is 1. The molecule has 1 aliphatic rings. The fourth-order valence-corrected chi connectivity index (χ4v) is 3.94. The normalized spacial score (nSPS) is 16.6. The predicted octanol–water partition coefficient (Wildman–Crippen LogP) is -0.0895. The zero-order valence-corrected chi connectivity index (χ0v) is 18.0. The van der Waals surface area contributed by atoms with E-state index in [9.17, 15) is 14.4 Å². The first-order chi connectivity index (χ1) is 14.7. The second kappa shape index (κ2) is 7.97. The fraction of sp³-hybridized carbons (Fsp3) is 0.500. The maximum Gasteiger partial charge on any atom is 0.332 e. The van der Waals surface area contributed by atoms with Crippen molar-refractivity contribution in [2.75, 3.05) is 13.1 Å². The van der Waals surface area contributed by atoms with Crippen LogP contribution in [0.25, 0.3) is 11.2 Å². The van der Waals surface area contributed by atoms with E-state index in [0.29, 0.717) is 24.8 Å². The highest BCUT2D eigenvalue weighted by Gasteiger charge is 2.26. The molecule has 1 unspecified atom stereocenters. The minimum Gasteiger partial charge on any atom is -0.472 e. The Labute approximate surface area is 177 Å². The smallest absolute Gasteiger partial charge is 0.332 e. The Morgan fingerprint density at radius 2 is 1.97 bits per heavy atom. The van der Waals surface area contributed by atoms with E-state index in [1.165, 1.54) is 22.5 Å². The maximum atomic E-state index is 13.0. The van der Waals surface area contributed by atoms with Crippen LogP contribution >= 0.6 is 0 Å². The molecule has 164 valence electrons. The van der Waals surface area contributed by atoms with Crippen molar-refractivity contribution in [2.45, 2.75) is 39.3 Å². The average molecular weight is 427 g/mol. The summed E-state index contributed by atoms with van der Waals surface area (Å²) >= 11 is 0. The second-order valence-electron chi connectivity index (χ2n) is 7.87. The zero-order valence-electron chi connectivity index (χ0n) is 18.0. The maximum absolute atomic E-state index is 13.0. The number of nitrogens with zero attached hydrogens (tertiary/aromatic N) is 7. The number of carbonyl (C=O) groups is 1. The van der Waals surface area contributed by atoms with E-state index in [-0.39, 0.29) is 29.7 Å². The molecule has 0 bridgehead atoms. The summed E-state index contributed by atoms with van der Waals surface area (Å²) in [6.07, 6.45) is 2.89. The number of amides is 1. The second-order valence-corrected chi connectivity index (χ2v) is 7.87. The number of hydrogen-bond donors (Lipinski definition) is 0. The van der Waals surface area contributed by atoms with Gasteiger partial charge in [0, 0.05) is 32.4 Å². The molecule has 4 heterocycles. The molecule has 3 aromatic rings. The van der Waals surface area contributed by atoms with Crippen LogP contribution in [0, 0.1) is 13.8 Å². The number of aryl methyl sites for hydroxylation is 3. The van der Waals surface area contributed by atoms with Crippen LogP contribution in [0.2, 0.25) is 0 Å². The highest BCUT2D eigenvalue weighted by molar-refractivity contribution is 5.79. The monoisotopic (exact) mass is 427 g/mol. The van der Waals surface area contributed by atoms with Crippen LogP contribution in [-0.2, 0) is 25.4 Å². The third-order valence-electron chi connectivity index (χ3n) is 5.48. The van der Waals surface area contributed by atoms with E-state index >= 15 is 0 Å². The molecular weight excluding hydrogens is 402 g/mol. The number of ether oxygens (including phenoxy) is 1. The molecule has 1 amide bonds. The third kappa shape index (κ3) is 3.94. The van der Waals surface area contributed by atoms with Crippen molar-refractivity contribution in [3.63, 3.8) is 0 Å². The molecule has 1 saturated heterocycles. The number of rotatable bonds is 4. The van der Waals surface area contributed by atoms with Gasteiger partial charge in [-0.05, 0) is 26.7 Å². The van der Waals surface area contributed by atoms with Crippen LogP contribution in [-0.4, -0.2) is 58.7 Å². The summed E-state index contributed by atoms with van der Waals surface area (Å²) in [6.45, 7) is 4.70. The summed E-state index contributed by atoms with van der Waals surface area (Å²) in [4.78, 5) is 52.1. The Bertz CT molecular complexity index is 1250. The molecule has 0 aromatic carbocycles. The average Bonchev–Trinajstić information content (AvgIpc) is 3.14. The summed E-state index contributed by atoms with van der Waals surface area (Å²) in [5, 5.41) is 0. The fourth-order valence-electron chi connectivity index (χ4n) is 3.94. The van der Waals surface area contributed by atoms with E-state index in [2.05, 4.69) is 15.0 Å². The van der Waals surface area contributed by atoms with Crippen LogP contribution in [0.5, 0.6) is 5.88 Å². The molecule has 1 atom stereocenters. The van der Waals surface area contributed by atoms with Gasteiger partial charge >= 0.3 is 5.69 Å². The summed E-state index contributed by atoms with van der Waals surface area (Å²) in [7, 11) is 2.96. The predicted molar refractivity (Wildman–Crippen MR) is 112 cm³/mol. The Kier molecular flexibility index (Phi) is 5.34. The van der Waals surface area contributed by atoms with E-state index in [1.807, 2.05) is 13.8 Å². The number of hydrogen-bond acceptors (Lipinski definition) is 7. The standard InChI is InChI=1S/C20H25N7O4/c1-12-8-15(23-13(2)22-12)31-14-6-5-7-26(9-14)16(28)10-27-11-21-18-17(27)19(29)25(4)20(30)24(18)3/h8,11,14H,5-7,9-10H2,1-4H3. The van der Waals surface area contributed by atoms with Crippen LogP contribution in [0.15, 0.2) is 22.0 Å². The highest BCUT2D eigenvalue weighted by atomic mass is 16.5. The van der Waals surface area contributed by atoms with Crippen LogP contribution in [0.3, 0.4) is 0 Å². The molecule has 31 heavy (non-hydrogen) atoms. The first-order valence-corrected chi connectivity index (χ1v) is 10.1. The van der Waals surface area contributed by atoms with Gasteiger partial charge in [0.05, 0.1) is 12.9 Å². The largest absolute Gasteiger partial charge is 0.472 e. The Morgan fingerprint density at radius 1 is 1.19 bits per heavy atom. The van der Waals surface area contributed by atoms with Crippen LogP contribution in [0.4, 0.5) is 0 Å². The third-order valence-corrected chi connectivity index (χ3v) is 5.48. The Balaban J connectivity index is 1.51. The van der Waals surface area contributed by atoms with Crippen molar-refractivity contribution in [1.82, 2.24) is 33.6 Å². The number of imidazole rings is 1. The molecule has 11 nitrogen and oxygen atoms in total. The van der Waals surface area contributed by atoms with Crippen molar-refractivity contribution >= 4 is 17.1 Å². The summed E-state index contributed by atoms with van der Waals surface area (Å²) < 4.78 is 9.83. The van der Waals surface area contributed by atoms with Crippen molar-refractivity contribution in [2.24, 2.45) is 14.1 Å². The lowest BCUT2D eigenvalue weighted by molar-refractivity contribution is -0.134. The summed E-state index contributed by atoms with van der Waals surface area (Å²) in [6, 6.07) is 1.78. The van der Waals surface area contributed by atoms with Gasteiger partial charge in [-0.2, -0.15) is 4.98 Å². The van der Waals surface area contributed by atoms with Gasteiger partial charge < -0.3 is 14.2 Å².